The highest BCUT2D eigenvalue weighted by Crippen LogP contribution is 2.29. The van der Waals surface area contributed by atoms with Gasteiger partial charge >= 0.3 is 5.97 Å². The molecule has 1 atom stereocenters. The number of hydrogen-bond acceptors (Lipinski definition) is 5. The van der Waals surface area contributed by atoms with Gasteiger partial charge in [-0.3, -0.25) is 4.98 Å². The zero-order valence-electron chi connectivity index (χ0n) is 15.2. The van der Waals surface area contributed by atoms with Crippen LogP contribution in [0.5, 0.6) is 0 Å². The second-order valence-electron chi connectivity index (χ2n) is 6.46. The van der Waals surface area contributed by atoms with Crippen LogP contribution in [0.15, 0.2) is 42.6 Å². The summed E-state index contributed by atoms with van der Waals surface area (Å²) in [4.78, 5) is 16.3. The fourth-order valence-corrected chi connectivity index (χ4v) is 3.31. The van der Waals surface area contributed by atoms with Gasteiger partial charge in [0.1, 0.15) is 0 Å². The third-order valence-electron chi connectivity index (χ3n) is 4.68. The standard InChI is InChI=1S/C21H21N3O3/c1-26-21(25)15-8-11-19-17(14-15)18(10-9-16-6-2-4-12-22-16)23-24(19)20-7-3-5-13-27-20/h2,4,6,8-12,14,20H,3,5,7,13H2,1H3/b10-9+. The van der Waals surface area contributed by atoms with Crippen LogP contribution in [0, 0.1) is 0 Å². The predicted octanol–water partition coefficient (Wildman–Crippen LogP) is 4.09. The average molecular weight is 363 g/mol. The molecule has 1 aromatic carbocycles. The highest BCUT2D eigenvalue weighted by molar-refractivity contribution is 5.97. The summed E-state index contributed by atoms with van der Waals surface area (Å²) < 4.78 is 12.7. The number of carbonyl (C=O) groups is 1. The first-order chi connectivity index (χ1) is 13.3. The molecule has 0 saturated carbocycles. The van der Waals surface area contributed by atoms with Crippen molar-refractivity contribution in [3.63, 3.8) is 0 Å². The number of benzene rings is 1. The Morgan fingerprint density at radius 1 is 1.26 bits per heavy atom. The number of carbonyl (C=O) groups excluding carboxylic acids is 1. The summed E-state index contributed by atoms with van der Waals surface area (Å²) >= 11 is 0. The van der Waals surface area contributed by atoms with E-state index in [0.717, 1.165) is 48.2 Å². The molecular formula is C21H21N3O3. The van der Waals surface area contributed by atoms with Gasteiger partial charge in [-0.15, -0.1) is 0 Å². The van der Waals surface area contributed by atoms with Crippen LogP contribution >= 0.6 is 0 Å². The van der Waals surface area contributed by atoms with Crippen LogP contribution in [0.1, 0.15) is 47.2 Å². The number of nitrogens with zero attached hydrogens (tertiary/aromatic N) is 3. The molecular weight excluding hydrogens is 342 g/mol. The SMILES string of the molecule is COC(=O)c1ccc2c(c1)c(/C=C/c1ccccn1)nn2C1CCCCO1. The van der Waals surface area contributed by atoms with E-state index < -0.39 is 0 Å². The zero-order chi connectivity index (χ0) is 18.6. The molecule has 0 N–H and O–H groups in total. The van der Waals surface area contributed by atoms with Crippen LogP contribution in [-0.4, -0.2) is 34.5 Å². The fourth-order valence-electron chi connectivity index (χ4n) is 3.31. The lowest BCUT2D eigenvalue weighted by Crippen LogP contribution is -2.19. The van der Waals surface area contributed by atoms with Crippen molar-refractivity contribution >= 4 is 29.0 Å². The molecule has 0 radical (unpaired) electrons. The molecule has 1 fully saturated rings. The molecule has 0 bridgehead atoms. The number of hydrogen-bond donors (Lipinski definition) is 0. The Morgan fingerprint density at radius 3 is 2.93 bits per heavy atom. The maximum atomic E-state index is 12.0. The van der Waals surface area contributed by atoms with Crippen LogP contribution < -0.4 is 0 Å². The Bertz CT molecular complexity index is 973. The summed E-state index contributed by atoms with van der Waals surface area (Å²) in [7, 11) is 1.38. The van der Waals surface area contributed by atoms with Crippen molar-refractivity contribution in [1.82, 2.24) is 14.8 Å². The Morgan fingerprint density at radius 2 is 2.19 bits per heavy atom. The van der Waals surface area contributed by atoms with Crippen molar-refractivity contribution in [2.24, 2.45) is 0 Å². The van der Waals surface area contributed by atoms with Crippen molar-refractivity contribution in [3.8, 4) is 0 Å². The van der Waals surface area contributed by atoms with E-state index in [9.17, 15) is 4.79 Å². The van der Waals surface area contributed by atoms with E-state index in [1.165, 1.54) is 7.11 Å². The summed E-state index contributed by atoms with van der Waals surface area (Å²) in [5.74, 6) is -0.363. The Labute approximate surface area is 157 Å². The normalized spacial score (nSPS) is 17.4. The van der Waals surface area contributed by atoms with Crippen LogP contribution in [0.25, 0.3) is 23.1 Å². The Hall–Kier alpha value is -2.99. The second-order valence-corrected chi connectivity index (χ2v) is 6.46. The first-order valence-electron chi connectivity index (χ1n) is 9.07. The summed E-state index contributed by atoms with van der Waals surface area (Å²) in [6.45, 7) is 0.741. The van der Waals surface area contributed by atoms with Crippen LogP contribution in [0.2, 0.25) is 0 Å². The van der Waals surface area contributed by atoms with E-state index in [-0.39, 0.29) is 12.2 Å². The average Bonchev–Trinajstić information content (AvgIpc) is 3.11. The van der Waals surface area contributed by atoms with E-state index >= 15 is 0 Å². The molecule has 1 unspecified atom stereocenters. The van der Waals surface area contributed by atoms with Crippen LogP contribution in [0.4, 0.5) is 0 Å². The van der Waals surface area contributed by atoms with Gasteiger partial charge in [0, 0.05) is 18.2 Å². The molecule has 3 aromatic rings. The first-order valence-corrected chi connectivity index (χ1v) is 9.07. The van der Waals surface area contributed by atoms with Gasteiger partial charge < -0.3 is 9.47 Å². The molecule has 0 amide bonds. The summed E-state index contributed by atoms with van der Waals surface area (Å²) in [6.07, 6.45) is 8.63. The van der Waals surface area contributed by atoms with Gasteiger partial charge in [-0.1, -0.05) is 6.07 Å². The smallest absolute Gasteiger partial charge is 0.337 e. The number of esters is 1. The van der Waals surface area contributed by atoms with E-state index in [4.69, 9.17) is 14.6 Å². The molecule has 1 aliphatic heterocycles. The summed E-state index contributed by atoms with van der Waals surface area (Å²) in [5, 5.41) is 5.67. The van der Waals surface area contributed by atoms with Crippen LogP contribution in [0.3, 0.4) is 0 Å². The van der Waals surface area contributed by atoms with Gasteiger partial charge in [0.25, 0.3) is 0 Å². The minimum Gasteiger partial charge on any atom is -0.465 e. The number of aromatic nitrogens is 3. The fraction of sp³-hybridized carbons (Fsp3) is 0.286. The van der Waals surface area contributed by atoms with Crippen molar-refractivity contribution in [2.45, 2.75) is 25.5 Å². The summed E-state index contributed by atoms with van der Waals surface area (Å²) in [5.41, 5.74) is 3.06. The predicted molar refractivity (Wildman–Crippen MR) is 103 cm³/mol. The quantitative estimate of drug-likeness (QED) is 0.653. The molecule has 138 valence electrons. The highest BCUT2D eigenvalue weighted by atomic mass is 16.5. The van der Waals surface area contributed by atoms with Crippen LogP contribution in [-0.2, 0) is 9.47 Å². The lowest BCUT2D eigenvalue weighted by atomic mass is 10.1. The molecule has 6 heteroatoms. The Kier molecular flexibility index (Phi) is 4.98. The van der Waals surface area contributed by atoms with Crippen molar-refractivity contribution < 1.29 is 14.3 Å². The lowest BCUT2D eigenvalue weighted by Gasteiger charge is -2.23. The van der Waals surface area contributed by atoms with Crippen molar-refractivity contribution in [3.05, 3.63) is 59.5 Å². The van der Waals surface area contributed by atoms with E-state index in [1.54, 1.807) is 12.3 Å². The third-order valence-corrected chi connectivity index (χ3v) is 4.68. The van der Waals surface area contributed by atoms with Crippen molar-refractivity contribution in [1.29, 1.82) is 0 Å². The van der Waals surface area contributed by atoms with Gasteiger partial charge in [0.2, 0.25) is 0 Å². The highest BCUT2D eigenvalue weighted by Gasteiger charge is 2.21. The molecule has 2 aromatic heterocycles. The van der Waals surface area contributed by atoms with Gasteiger partial charge in [0.05, 0.1) is 29.6 Å². The topological polar surface area (TPSA) is 66.2 Å². The first kappa shape index (κ1) is 17.4. The van der Waals surface area contributed by atoms with Crippen molar-refractivity contribution in [2.75, 3.05) is 13.7 Å². The lowest BCUT2D eigenvalue weighted by molar-refractivity contribution is -0.0367. The minimum atomic E-state index is -0.363. The molecule has 4 rings (SSSR count). The second kappa shape index (κ2) is 7.72. The molecule has 3 heterocycles. The number of ether oxygens (including phenoxy) is 2. The van der Waals surface area contributed by atoms with Gasteiger partial charge in [-0.05, 0) is 61.7 Å². The molecule has 1 saturated heterocycles. The largest absolute Gasteiger partial charge is 0.465 e. The number of methoxy groups -OCH3 is 1. The molecule has 27 heavy (non-hydrogen) atoms. The molecule has 0 aliphatic carbocycles. The van der Waals surface area contributed by atoms with Gasteiger partial charge in [-0.2, -0.15) is 5.10 Å². The third kappa shape index (κ3) is 3.61. The maximum Gasteiger partial charge on any atom is 0.337 e. The van der Waals surface area contributed by atoms with E-state index in [1.807, 2.05) is 47.2 Å². The van der Waals surface area contributed by atoms with Gasteiger partial charge in [-0.25, -0.2) is 9.48 Å². The monoisotopic (exact) mass is 363 g/mol. The number of rotatable bonds is 4. The minimum absolute atomic E-state index is 0.0813. The number of fused-ring (bicyclic) bond motifs is 1. The summed E-state index contributed by atoms with van der Waals surface area (Å²) in [6, 6.07) is 11.2. The Balaban J connectivity index is 1.79. The van der Waals surface area contributed by atoms with E-state index in [2.05, 4.69) is 4.98 Å². The van der Waals surface area contributed by atoms with E-state index in [0.29, 0.717) is 5.56 Å². The van der Waals surface area contributed by atoms with Gasteiger partial charge in [0.15, 0.2) is 6.23 Å². The molecule has 6 nitrogen and oxygen atoms in total. The molecule has 0 spiro atoms. The molecule has 1 aliphatic rings. The zero-order valence-corrected chi connectivity index (χ0v) is 15.2. The number of pyridine rings is 1. The maximum absolute atomic E-state index is 12.0.